The highest BCUT2D eigenvalue weighted by Crippen LogP contribution is 1.95. The first-order valence-corrected chi connectivity index (χ1v) is 4.09. The van der Waals surface area contributed by atoms with Gasteiger partial charge in [-0.15, -0.1) is 0 Å². The van der Waals surface area contributed by atoms with Crippen molar-refractivity contribution in [2.75, 3.05) is 14.1 Å². The van der Waals surface area contributed by atoms with Gasteiger partial charge in [0, 0.05) is 33.1 Å². The topological polar surface area (TPSA) is 37.4 Å². The summed E-state index contributed by atoms with van der Waals surface area (Å²) in [6.07, 6.45) is 4.88. The minimum atomic E-state index is -0.0911. The Hall–Kier alpha value is -1.38. The third-order valence-corrected chi connectivity index (χ3v) is 1.40. The van der Waals surface area contributed by atoms with E-state index in [9.17, 15) is 9.59 Å². The Balaban J connectivity index is 3.76. The number of nitrogens with zero attached hydrogens (tertiary/aromatic N) is 1. The lowest BCUT2D eigenvalue weighted by molar-refractivity contribution is -0.119. The Morgan fingerprint density at radius 1 is 1.23 bits per heavy atom. The minimum absolute atomic E-state index is 0.0381. The Kier molecular flexibility index (Phi) is 5.52. The van der Waals surface area contributed by atoms with Crippen molar-refractivity contribution in [3.05, 3.63) is 24.9 Å². The molecule has 0 bridgehead atoms. The monoisotopic (exact) mass is 181 g/mol. The van der Waals surface area contributed by atoms with Crippen LogP contribution in [0.2, 0.25) is 0 Å². The first kappa shape index (κ1) is 11.6. The molecule has 0 spiro atoms. The molecule has 0 aromatic heterocycles. The number of carbonyl (C=O) groups excluding carboxylic acids is 2. The molecule has 0 aliphatic rings. The van der Waals surface area contributed by atoms with Crippen LogP contribution in [0.25, 0.3) is 0 Å². The van der Waals surface area contributed by atoms with Gasteiger partial charge in [0.25, 0.3) is 0 Å². The summed E-state index contributed by atoms with van der Waals surface area (Å²) >= 11 is 0. The molecule has 0 atom stereocenters. The van der Waals surface area contributed by atoms with Gasteiger partial charge in [0.1, 0.15) is 0 Å². The van der Waals surface area contributed by atoms with Crippen LogP contribution in [-0.4, -0.2) is 30.6 Å². The molecule has 0 heterocycles. The number of rotatable bonds is 6. The molecular formula is C10H15NO2. The van der Waals surface area contributed by atoms with Gasteiger partial charge in [-0.05, 0) is 12.2 Å². The summed E-state index contributed by atoms with van der Waals surface area (Å²) in [5.74, 6) is -0.129. The molecule has 0 aliphatic heterocycles. The van der Waals surface area contributed by atoms with Crippen molar-refractivity contribution in [1.29, 1.82) is 0 Å². The number of ketones is 2. The molecule has 0 aromatic rings. The van der Waals surface area contributed by atoms with Crippen molar-refractivity contribution in [3.8, 4) is 0 Å². The predicted octanol–water partition coefficient (Wildman–Crippen LogP) is 1.17. The van der Waals surface area contributed by atoms with E-state index >= 15 is 0 Å². The van der Waals surface area contributed by atoms with Crippen LogP contribution >= 0.6 is 0 Å². The van der Waals surface area contributed by atoms with Crippen LogP contribution in [0.4, 0.5) is 0 Å². The second-order valence-electron chi connectivity index (χ2n) is 2.92. The fraction of sp³-hybridized carbons (Fsp3) is 0.400. The maximum atomic E-state index is 11.1. The normalized spacial score (nSPS) is 10.0. The quantitative estimate of drug-likeness (QED) is 0.577. The molecule has 3 heteroatoms. The summed E-state index contributed by atoms with van der Waals surface area (Å²) in [5, 5.41) is 0. The van der Waals surface area contributed by atoms with E-state index in [1.807, 2.05) is 14.1 Å². The van der Waals surface area contributed by atoms with Crippen LogP contribution in [0.1, 0.15) is 12.8 Å². The van der Waals surface area contributed by atoms with Gasteiger partial charge in [-0.2, -0.15) is 0 Å². The molecule has 0 saturated heterocycles. The van der Waals surface area contributed by atoms with E-state index in [4.69, 9.17) is 0 Å². The van der Waals surface area contributed by atoms with Crippen LogP contribution in [-0.2, 0) is 9.59 Å². The highest BCUT2D eigenvalue weighted by atomic mass is 16.1. The first-order chi connectivity index (χ1) is 6.06. The van der Waals surface area contributed by atoms with E-state index in [2.05, 4.69) is 6.58 Å². The second kappa shape index (κ2) is 6.17. The number of hydrogen-bond acceptors (Lipinski definition) is 3. The maximum absolute atomic E-state index is 11.1. The van der Waals surface area contributed by atoms with Crippen LogP contribution < -0.4 is 0 Å². The Labute approximate surface area is 78.7 Å². The molecule has 0 radical (unpaired) electrons. The zero-order valence-electron chi connectivity index (χ0n) is 8.12. The lowest BCUT2D eigenvalue weighted by Gasteiger charge is -2.01. The number of allylic oxidation sites excluding steroid dienone is 2. The summed E-state index contributed by atoms with van der Waals surface area (Å²) in [7, 11) is 3.66. The van der Waals surface area contributed by atoms with E-state index in [1.54, 1.807) is 11.1 Å². The van der Waals surface area contributed by atoms with E-state index in [0.29, 0.717) is 0 Å². The molecule has 13 heavy (non-hydrogen) atoms. The fourth-order valence-corrected chi connectivity index (χ4v) is 0.664. The first-order valence-electron chi connectivity index (χ1n) is 4.09. The smallest absolute Gasteiger partial charge is 0.157 e. The van der Waals surface area contributed by atoms with Gasteiger partial charge < -0.3 is 4.90 Å². The van der Waals surface area contributed by atoms with Crippen molar-refractivity contribution in [2.45, 2.75) is 12.8 Å². The van der Waals surface area contributed by atoms with Crippen LogP contribution in [0.5, 0.6) is 0 Å². The molecule has 0 saturated carbocycles. The molecule has 0 aliphatic carbocycles. The van der Waals surface area contributed by atoms with Gasteiger partial charge in [-0.1, -0.05) is 6.58 Å². The van der Waals surface area contributed by atoms with Gasteiger partial charge in [-0.3, -0.25) is 9.59 Å². The highest BCUT2D eigenvalue weighted by molar-refractivity contribution is 5.95. The van der Waals surface area contributed by atoms with Gasteiger partial charge in [0.15, 0.2) is 11.6 Å². The largest absolute Gasteiger partial charge is 0.383 e. The zero-order valence-corrected chi connectivity index (χ0v) is 8.12. The molecule has 0 rings (SSSR count). The lowest BCUT2D eigenvalue weighted by Crippen LogP contribution is -2.04. The standard InChI is InChI=1S/C10H15NO2/c1-4-9(12)5-6-10(13)7-8-11(2)3/h4,7-8H,1,5-6H2,2-3H3. The predicted molar refractivity (Wildman–Crippen MR) is 52.3 cm³/mol. The zero-order chi connectivity index (χ0) is 10.3. The van der Waals surface area contributed by atoms with Crippen LogP contribution in [0, 0.1) is 0 Å². The molecule has 0 unspecified atom stereocenters. The fourth-order valence-electron chi connectivity index (χ4n) is 0.664. The van der Waals surface area contributed by atoms with Crippen molar-refractivity contribution in [1.82, 2.24) is 4.90 Å². The Bertz CT molecular complexity index is 229. The summed E-state index contributed by atoms with van der Waals surface area (Å²) < 4.78 is 0. The number of hydrogen-bond donors (Lipinski definition) is 0. The average molecular weight is 181 g/mol. The summed E-state index contributed by atoms with van der Waals surface area (Å²) in [6.45, 7) is 3.33. The van der Waals surface area contributed by atoms with E-state index in [0.717, 1.165) is 0 Å². The Morgan fingerprint density at radius 2 is 1.77 bits per heavy atom. The summed E-state index contributed by atoms with van der Waals surface area (Å²) in [4.78, 5) is 23.6. The van der Waals surface area contributed by atoms with Crippen molar-refractivity contribution in [2.24, 2.45) is 0 Å². The van der Waals surface area contributed by atoms with E-state index < -0.39 is 0 Å². The molecular weight excluding hydrogens is 166 g/mol. The minimum Gasteiger partial charge on any atom is -0.383 e. The molecule has 0 amide bonds. The summed E-state index contributed by atoms with van der Waals surface area (Å²) in [5.41, 5.74) is 0. The van der Waals surface area contributed by atoms with E-state index in [1.165, 1.54) is 12.2 Å². The maximum Gasteiger partial charge on any atom is 0.157 e. The van der Waals surface area contributed by atoms with Crippen LogP contribution in [0.3, 0.4) is 0 Å². The van der Waals surface area contributed by atoms with Crippen molar-refractivity contribution >= 4 is 11.6 Å². The third-order valence-electron chi connectivity index (χ3n) is 1.40. The van der Waals surface area contributed by atoms with Crippen molar-refractivity contribution in [3.63, 3.8) is 0 Å². The van der Waals surface area contributed by atoms with Gasteiger partial charge in [-0.25, -0.2) is 0 Å². The molecule has 0 aromatic carbocycles. The molecule has 72 valence electrons. The van der Waals surface area contributed by atoms with Gasteiger partial charge in [0.2, 0.25) is 0 Å². The van der Waals surface area contributed by atoms with Gasteiger partial charge in [0.05, 0.1) is 0 Å². The summed E-state index contributed by atoms with van der Waals surface area (Å²) in [6, 6.07) is 0. The third kappa shape index (κ3) is 7.00. The van der Waals surface area contributed by atoms with Crippen molar-refractivity contribution < 1.29 is 9.59 Å². The SMILES string of the molecule is C=CC(=O)CCC(=O)C=CN(C)C. The average Bonchev–Trinajstić information content (AvgIpc) is 2.10. The lowest BCUT2D eigenvalue weighted by atomic mass is 10.1. The van der Waals surface area contributed by atoms with Crippen LogP contribution in [0.15, 0.2) is 24.9 Å². The highest BCUT2D eigenvalue weighted by Gasteiger charge is 2.00. The number of carbonyl (C=O) groups is 2. The Morgan fingerprint density at radius 3 is 2.23 bits per heavy atom. The van der Waals surface area contributed by atoms with E-state index in [-0.39, 0.29) is 24.4 Å². The molecule has 3 nitrogen and oxygen atoms in total. The molecule has 0 fully saturated rings. The van der Waals surface area contributed by atoms with Gasteiger partial charge >= 0.3 is 0 Å². The molecule has 0 N–H and O–H groups in total. The second-order valence-corrected chi connectivity index (χ2v) is 2.92.